The van der Waals surface area contributed by atoms with Crippen LogP contribution in [0.15, 0.2) is 66.1 Å². The Hall–Kier alpha value is -1.71. The summed E-state index contributed by atoms with van der Waals surface area (Å²) in [5.74, 6) is 1.04. The Labute approximate surface area is 136 Å². The van der Waals surface area contributed by atoms with Crippen molar-refractivity contribution >= 4 is 17.5 Å². The zero-order chi connectivity index (χ0) is 15.0. The van der Waals surface area contributed by atoms with Crippen molar-refractivity contribution in [1.29, 1.82) is 0 Å². The van der Waals surface area contributed by atoms with Crippen molar-refractivity contribution in [2.45, 2.75) is 18.6 Å². The fourth-order valence-corrected chi connectivity index (χ4v) is 4.73. The highest BCUT2D eigenvalue weighted by molar-refractivity contribution is 8.02. The van der Waals surface area contributed by atoms with E-state index in [1.165, 1.54) is 16.8 Å². The molecule has 22 heavy (non-hydrogen) atoms. The first-order valence-electron chi connectivity index (χ1n) is 7.78. The van der Waals surface area contributed by atoms with Gasteiger partial charge in [0.15, 0.2) is 0 Å². The summed E-state index contributed by atoms with van der Waals surface area (Å²) in [7, 11) is 0. The van der Waals surface area contributed by atoms with E-state index in [0.717, 1.165) is 12.3 Å². The van der Waals surface area contributed by atoms with Crippen molar-refractivity contribution < 1.29 is 0 Å². The molecule has 112 valence electrons. The molecule has 0 spiro atoms. The number of fused-ring (bicyclic) bond motifs is 1. The van der Waals surface area contributed by atoms with Crippen LogP contribution in [0.5, 0.6) is 0 Å². The van der Waals surface area contributed by atoms with E-state index in [2.05, 4.69) is 83.2 Å². The molecule has 0 amide bonds. The standard InChI is InChI=1S/C19H20N2S/c1-15-12-20-19(17-10-6-3-7-11-17)14-22-13-18(21(15)19)16-8-4-2-5-9-16/h2-11,13,15,20H,12,14H2,1H3. The first-order chi connectivity index (χ1) is 10.8. The van der Waals surface area contributed by atoms with Crippen LogP contribution in [0.2, 0.25) is 0 Å². The molecule has 1 N–H and O–H groups in total. The van der Waals surface area contributed by atoms with E-state index >= 15 is 0 Å². The molecular formula is C19H20N2S. The van der Waals surface area contributed by atoms with Gasteiger partial charge in [-0.05, 0) is 23.5 Å². The Morgan fingerprint density at radius 2 is 1.73 bits per heavy atom. The van der Waals surface area contributed by atoms with Crippen LogP contribution in [0.3, 0.4) is 0 Å². The summed E-state index contributed by atoms with van der Waals surface area (Å²) in [4.78, 5) is 2.58. The van der Waals surface area contributed by atoms with Crippen molar-refractivity contribution in [3.05, 3.63) is 77.2 Å². The van der Waals surface area contributed by atoms with Crippen LogP contribution in [0.1, 0.15) is 18.1 Å². The Kier molecular flexibility index (Phi) is 3.47. The summed E-state index contributed by atoms with van der Waals surface area (Å²) in [5.41, 5.74) is 3.89. The molecule has 1 saturated heterocycles. The van der Waals surface area contributed by atoms with E-state index in [9.17, 15) is 0 Å². The molecule has 0 saturated carbocycles. The van der Waals surface area contributed by atoms with Gasteiger partial charge in [-0.15, -0.1) is 11.8 Å². The van der Waals surface area contributed by atoms with Crippen LogP contribution in [-0.4, -0.2) is 23.2 Å². The average Bonchev–Trinajstić information content (AvgIpc) is 2.95. The van der Waals surface area contributed by atoms with Crippen LogP contribution >= 0.6 is 11.8 Å². The summed E-state index contributed by atoms with van der Waals surface area (Å²) in [6.45, 7) is 3.32. The third-order valence-corrected chi connectivity index (χ3v) is 5.58. The van der Waals surface area contributed by atoms with Crippen molar-refractivity contribution in [2.24, 2.45) is 0 Å². The molecule has 4 rings (SSSR count). The van der Waals surface area contributed by atoms with Gasteiger partial charge in [-0.3, -0.25) is 5.32 Å². The van der Waals surface area contributed by atoms with Crippen molar-refractivity contribution in [1.82, 2.24) is 10.2 Å². The van der Waals surface area contributed by atoms with Crippen LogP contribution in [0, 0.1) is 0 Å². The number of rotatable bonds is 2. The molecule has 0 aromatic heterocycles. The molecular weight excluding hydrogens is 288 g/mol. The number of nitrogens with zero attached hydrogens (tertiary/aromatic N) is 1. The summed E-state index contributed by atoms with van der Waals surface area (Å²) in [5, 5.41) is 6.12. The number of hydrogen-bond acceptors (Lipinski definition) is 3. The van der Waals surface area contributed by atoms with Crippen molar-refractivity contribution in [3.8, 4) is 0 Å². The number of nitrogens with one attached hydrogen (secondary N) is 1. The quantitative estimate of drug-likeness (QED) is 0.906. The predicted octanol–water partition coefficient (Wildman–Crippen LogP) is 3.88. The smallest absolute Gasteiger partial charge is 0.127 e. The maximum Gasteiger partial charge on any atom is 0.127 e. The van der Waals surface area contributed by atoms with Gasteiger partial charge in [0.05, 0.1) is 5.70 Å². The van der Waals surface area contributed by atoms with Gasteiger partial charge in [-0.1, -0.05) is 60.7 Å². The second kappa shape index (κ2) is 5.49. The second-order valence-electron chi connectivity index (χ2n) is 6.01. The molecule has 2 aromatic carbocycles. The molecule has 2 heterocycles. The number of hydrogen-bond donors (Lipinski definition) is 1. The highest BCUT2D eigenvalue weighted by Gasteiger charge is 2.48. The molecule has 0 radical (unpaired) electrons. The Morgan fingerprint density at radius 3 is 2.45 bits per heavy atom. The van der Waals surface area contributed by atoms with Gasteiger partial charge in [0, 0.05) is 18.3 Å². The molecule has 1 fully saturated rings. The van der Waals surface area contributed by atoms with Gasteiger partial charge in [0.25, 0.3) is 0 Å². The fraction of sp³-hybridized carbons (Fsp3) is 0.263. The van der Waals surface area contributed by atoms with E-state index in [-0.39, 0.29) is 5.66 Å². The Bertz CT molecular complexity index is 683. The van der Waals surface area contributed by atoms with Gasteiger partial charge in [-0.25, -0.2) is 0 Å². The molecule has 2 aliphatic rings. The first kappa shape index (κ1) is 13.9. The Balaban J connectivity index is 1.83. The predicted molar refractivity (Wildman–Crippen MR) is 94.3 cm³/mol. The van der Waals surface area contributed by atoms with Crippen LogP contribution in [-0.2, 0) is 5.66 Å². The summed E-state index contributed by atoms with van der Waals surface area (Å²) >= 11 is 1.90. The topological polar surface area (TPSA) is 15.3 Å². The van der Waals surface area contributed by atoms with E-state index in [0.29, 0.717) is 6.04 Å². The minimum absolute atomic E-state index is 0.0920. The second-order valence-corrected chi connectivity index (χ2v) is 6.86. The zero-order valence-electron chi connectivity index (χ0n) is 12.7. The van der Waals surface area contributed by atoms with Gasteiger partial charge in [0.1, 0.15) is 5.66 Å². The SMILES string of the molecule is CC1CNC2(c3ccccc3)CSC=C(c3ccccc3)N12. The minimum atomic E-state index is -0.0920. The summed E-state index contributed by atoms with van der Waals surface area (Å²) in [6.07, 6.45) is 0. The molecule has 2 nitrogen and oxygen atoms in total. The lowest BCUT2D eigenvalue weighted by molar-refractivity contribution is 0.191. The van der Waals surface area contributed by atoms with Crippen molar-refractivity contribution in [2.75, 3.05) is 12.3 Å². The van der Waals surface area contributed by atoms with Crippen LogP contribution in [0.4, 0.5) is 0 Å². The maximum absolute atomic E-state index is 3.80. The van der Waals surface area contributed by atoms with Crippen LogP contribution < -0.4 is 5.32 Å². The molecule has 0 bridgehead atoms. The normalized spacial score (nSPS) is 27.4. The molecule has 0 aliphatic carbocycles. The van der Waals surface area contributed by atoms with E-state index in [1.807, 2.05) is 11.8 Å². The molecule has 2 atom stereocenters. The van der Waals surface area contributed by atoms with E-state index < -0.39 is 0 Å². The molecule has 2 unspecified atom stereocenters. The molecule has 2 aliphatic heterocycles. The number of benzene rings is 2. The van der Waals surface area contributed by atoms with Gasteiger partial charge >= 0.3 is 0 Å². The molecule has 2 aromatic rings. The lowest BCUT2D eigenvalue weighted by atomic mass is 9.98. The largest absolute Gasteiger partial charge is 0.344 e. The fourth-order valence-electron chi connectivity index (χ4n) is 3.59. The van der Waals surface area contributed by atoms with E-state index in [1.54, 1.807) is 0 Å². The third kappa shape index (κ3) is 2.08. The maximum atomic E-state index is 3.80. The molecule has 3 heteroatoms. The van der Waals surface area contributed by atoms with Gasteiger partial charge < -0.3 is 4.90 Å². The minimum Gasteiger partial charge on any atom is -0.344 e. The highest BCUT2D eigenvalue weighted by atomic mass is 32.2. The monoisotopic (exact) mass is 308 g/mol. The average molecular weight is 308 g/mol. The lowest BCUT2D eigenvalue weighted by Gasteiger charge is -2.45. The van der Waals surface area contributed by atoms with E-state index in [4.69, 9.17) is 0 Å². The number of thioether (sulfide) groups is 1. The van der Waals surface area contributed by atoms with Gasteiger partial charge in [0.2, 0.25) is 0 Å². The Morgan fingerprint density at radius 1 is 1.05 bits per heavy atom. The summed E-state index contributed by atoms with van der Waals surface area (Å²) in [6, 6.07) is 22.1. The highest BCUT2D eigenvalue weighted by Crippen LogP contribution is 2.45. The van der Waals surface area contributed by atoms with Crippen LogP contribution in [0.25, 0.3) is 5.70 Å². The van der Waals surface area contributed by atoms with Crippen molar-refractivity contribution in [3.63, 3.8) is 0 Å². The first-order valence-corrected chi connectivity index (χ1v) is 8.83. The lowest BCUT2D eigenvalue weighted by Crippen LogP contribution is -2.52. The van der Waals surface area contributed by atoms with Gasteiger partial charge in [-0.2, -0.15) is 0 Å². The summed E-state index contributed by atoms with van der Waals surface area (Å²) < 4.78 is 0. The third-order valence-electron chi connectivity index (χ3n) is 4.61. The zero-order valence-corrected chi connectivity index (χ0v) is 13.5.